The highest BCUT2D eigenvalue weighted by Crippen LogP contribution is 2.60. The van der Waals surface area contributed by atoms with Gasteiger partial charge in [0.05, 0.1) is 5.54 Å². The van der Waals surface area contributed by atoms with Crippen molar-refractivity contribution in [3.8, 4) is 5.88 Å². The summed E-state index contributed by atoms with van der Waals surface area (Å²) in [5.74, 6) is -0.262. The summed E-state index contributed by atoms with van der Waals surface area (Å²) in [6.07, 6.45) is -3.29. The smallest absolute Gasteiger partial charge is 0.421 e. The molecule has 2 aliphatic rings. The summed E-state index contributed by atoms with van der Waals surface area (Å²) in [7, 11) is 0. The van der Waals surface area contributed by atoms with Gasteiger partial charge in [-0.2, -0.15) is 13.2 Å². The molecule has 1 aliphatic heterocycles. The van der Waals surface area contributed by atoms with Crippen molar-refractivity contribution in [2.24, 2.45) is 17.3 Å². The average Bonchev–Trinajstić information content (AvgIpc) is 2.90. The van der Waals surface area contributed by atoms with E-state index in [1.54, 1.807) is 13.8 Å². The molecule has 0 radical (unpaired) electrons. The number of halogens is 3. The van der Waals surface area contributed by atoms with E-state index in [9.17, 15) is 18.0 Å². The van der Waals surface area contributed by atoms with E-state index in [0.717, 1.165) is 19.2 Å². The van der Waals surface area contributed by atoms with Crippen molar-refractivity contribution in [1.29, 1.82) is 0 Å². The van der Waals surface area contributed by atoms with E-state index in [1.165, 1.54) is 12.3 Å². The second-order valence-electron chi connectivity index (χ2n) is 7.74. The van der Waals surface area contributed by atoms with Crippen molar-refractivity contribution in [2.45, 2.75) is 32.5 Å². The Balaban J connectivity index is 1.60. The topological polar surface area (TPSA) is 63.2 Å². The average molecular weight is 357 g/mol. The molecule has 8 heteroatoms. The lowest BCUT2D eigenvalue weighted by Gasteiger charge is -2.27. The van der Waals surface area contributed by atoms with Crippen molar-refractivity contribution >= 4 is 5.91 Å². The van der Waals surface area contributed by atoms with Crippen molar-refractivity contribution in [3.63, 3.8) is 0 Å². The van der Waals surface area contributed by atoms with Crippen LogP contribution in [0.25, 0.3) is 0 Å². The molecule has 3 rings (SSSR count). The van der Waals surface area contributed by atoms with Gasteiger partial charge < -0.3 is 15.4 Å². The Morgan fingerprint density at radius 3 is 2.80 bits per heavy atom. The van der Waals surface area contributed by atoms with Gasteiger partial charge in [0.2, 0.25) is 11.8 Å². The van der Waals surface area contributed by atoms with Crippen LogP contribution >= 0.6 is 0 Å². The molecule has 3 atom stereocenters. The maximum absolute atomic E-state index is 13.0. The molecular weight excluding hydrogens is 335 g/mol. The van der Waals surface area contributed by atoms with Gasteiger partial charge in [0.25, 0.3) is 0 Å². The summed E-state index contributed by atoms with van der Waals surface area (Å²) >= 11 is 0. The molecule has 0 unspecified atom stereocenters. The number of amides is 1. The molecule has 0 spiro atoms. The molecule has 1 saturated carbocycles. The number of fused-ring (bicyclic) bond motifs is 1. The van der Waals surface area contributed by atoms with Crippen LogP contribution in [0.4, 0.5) is 13.2 Å². The van der Waals surface area contributed by atoms with Gasteiger partial charge in [0.1, 0.15) is 12.2 Å². The summed E-state index contributed by atoms with van der Waals surface area (Å²) < 4.78 is 44.2. The van der Waals surface area contributed by atoms with Crippen molar-refractivity contribution in [2.75, 3.05) is 19.7 Å². The molecular formula is C17H22F3N3O2. The van der Waals surface area contributed by atoms with Crippen molar-refractivity contribution < 1.29 is 22.7 Å². The number of pyridine rings is 1. The Morgan fingerprint density at radius 2 is 2.20 bits per heavy atom. The van der Waals surface area contributed by atoms with E-state index < -0.39 is 23.2 Å². The Kier molecular flexibility index (Phi) is 4.21. The SMILES string of the molecule is CC(C)(COc1ncccc1C(F)(F)F)NC(=O)[C@@H]1[C@H]2CNC[C@]21C. The first-order chi connectivity index (χ1) is 11.5. The van der Waals surface area contributed by atoms with Gasteiger partial charge in [-0.15, -0.1) is 0 Å². The van der Waals surface area contributed by atoms with Crippen molar-refractivity contribution in [1.82, 2.24) is 15.6 Å². The monoisotopic (exact) mass is 357 g/mol. The molecule has 1 aliphatic carbocycles. The maximum atomic E-state index is 13.0. The molecule has 1 aromatic rings. The van der Waals surface area contributed by atoms with Crippen LogP contribution < -0.4 is 15.4 Å². The van der Waals surface area contributed by atoms with Gasteiger partial charge in [0.15, 0.2) is 0 Å². The molecule has 1 amide bonds. The molecule has 5 nitrogen and oxygen atoms in total. The molecule has 138 valence electrons. The number of hydrogen-bond donors (Lipinski definition) is 2. The van der Waals surface area contributed by atoms with Crippen LogP contribution in [0.3, 0.4) is 0 Å². The van der Waals surface area contributed by atoms with E-state index in [1.807, 2.05) is 0 Å². The normalized spacial score (nSPS) is 28.4. The molecule has 0 bridgehead atoms. The molecule has 1 saturated heterocycles. The summed E-state index contributed by atoms with van der Waals surface area (Å²) in [4.78, 5) is 16.2. The molecule has 2 heterocycles. The third-order valence-electron chi connectivity index (χ3n) is 5.11. The van der Waals surface area contributed by atoms with Gasteiger partial charge in [0, 0.05) is 18.7 Å². The van der Waals surface area contributed by atoms with Gasteiger partial charge in [-0.25, -0.2) is 4.98 Å². The maximum Gasteiger partial charge on any atom is 0.421 e. The highest BCUT2D eigenvalue weighted by Gasteiger charge is 2.67. The summed E-state index contributed by atoms with van der Waals surface area (Å²) in [6, 6.07) is 2.14. The minimum Gasteiger partial charge on any atom is -0.475 e. The Morgan fingerprint density at radius 1 is 1.48 bits per heavy atom. The zero-order chi connectivity index (χ0) is 18.5. The number of aromatic nitrogens is 1. The van der Waals surface area contributed by atoms with Crippen LogP contribution in [-0.2, 0) is 11.0 Å². The Labute approximate surface area is 144 Å². The predicted octanol–water partition coefficient (Wildman–Crippen LogP) is 2.23. The second-order valence-corrected chi connectivity index (χ2v) is 7.74. The largest absolute Gasteiger partial charge is 0.475 e. The number of nitrogens with one attached hydrogen (secondary N) is 2. The molecule has 0 aromatic carbocycles. The third-order valence-corrected chi connectivity index (χ3v) is 5.11. The Hall–Kier alpha value is -1.83. The molecule has 2 fully saturated rings. The first kappa shape index (κ1) is 18.0. The number of nitrogens with zero attached hydrogens (tertiary/aromatic N) is 1. The second kappa shape index (κ2) is 5.86. The minimum atomic E-state index is -4.54. The standard InChI is InChI=1S/C17H22F3N3O2/c1-15(2,23-13(24)12-11-7-21-8-16(11,12)3)9-25-14-10(17(18,19)20)5-4-6-22-14/h4-6,11-12,21H,7-9H2,1-3H3,(H,23,24)/t11-,12+,16-/m1/s1. The van der Waals surface area contributed by atoms with E-state index in [-0.39, 0.29) is 23.8 Å². The van der Waals surface area contributed by atoms with Gasteiger partial charge in [-0.3, -0.25) is 4.79 Å². The number of carbonyl (C=O) groups excluding carboxylic acids is 1. The molecule has 25 heavy (non-hydrogen) atoms. The van der Waals surface area contributed by atoms with Crippen LogP contribution in [-0.4, -0.2) is 36.1 Å². The number of alkyl halides is 3. The van der Waals surface area contributed by atoms with E-state index in [2.05, 4.69) is 22.5 Å². The van der Waals surface area contributed by atoms with Crippen LogP contribution in [0.5, 0.6) is 5.88 Å². The van der Waals surface area contributed by atoms with Crippen LogP contribution in [0.1, 0.15) is 26.3 Å². The lowest BCUT2D eigenvalue weighted by atomic mass is 10.0. The number of piperidine rings is 1. The summed E-state index contributed by atoms with van der Waals surface area (Å²) in [6.45, 7) is 7.06. The fraction of sp³-hybridized carbons (Fsp3) is 0.647. The first-order valence-corrected chi connectivity index (χ1v) is 8.22. The minimum absolute atomic E-state index is 0.00847. The molecule has 2 N–H and O–H groups in total. The quantitative estimate of drug-likeness (QED) is 0.848. The van der Waals surface area contributed by atoms with Gasteiger partial charge in [-0.1, -0.05) is 6.92 Å². The fourth-order valence-corrected chi connectivity index (χ4v) is 3.65. The first-order valence-electron chi connectivity index (χ1n) is 8.22. The predicted molar refractivity (Wildman–Crippen MR) is 84.9 cm³/mol. The lowest BCUT2D eigenvalue weighted by molar-refractivity contribution is -0.139. The number of carbonyl (C=O) groups is 1. The summed E-state index contributed by atoms with van der Waals surface area (Å²) in [5.41, 5.74) is -1.74. The third kappa shape index (κ3) is 3.44. The zero-order valence-corrected chi connectivity index (χ0v) is 14.4. The number of rotatable bonds is 5. The summed E-state index contributed by atoms with van der Waals surface area (Å²) in [5, 5.41) is 6.16. The molecule has 1 aromatic heterocycles. The van der Waals surface area contributed by atoms with Gasteiger partial charge in [-0.05, 0) is 43.9 Å². The van der Waals surface area contributed by atoms with E-state index in [0.29, 0.717) is 5.92 Å². The number of ether oxygens (including phenoxy) is 1. The van der Waals surface area contributed by atoms with Crippen LogP contribution in [0.15, 0.2) is 18.3 Å². The van der Waals surface area contributed by atoms with E-state index in [4.69, 9.17) is 4.74 Å². The highest BCUT2D eigenvalue weighted by molar-refractivity contribution is 5.84. The zero-order valence-electron chi connectivity index (χ0n) is 14.4. The number of hydrogen-bond acceptors (Lipinski definition) is 4. The highest BCUT2D eigenvalue weighted by atomic mass is 19.4. The van der Waals surface area contributed by atoms with E-state index >= 15 is 0 Å². The van der Waals surface area contributed by atoms with Crippen molar-refractivity contribution in [3.05, 3.63) is 23.9 Å². The van der Waals surface area contributed by atoms with Gasteiger partial charge >= 0.3 is 6.18 Å². The van der Waals surface area contributed by atoms with Crippen LogP contribution in [0, 0.1) is 17.3 Å². The Bertz CT molecular complexity index is 677. The fourth-order valence-electron chi connectivity index (χ4n) is 3.65. The lowest BCUT2D eigenvalue weighted by Crippen LogP contribution is -2.49. The van der Waals surface area contributed by atoms with Crippen LogP contribution in [0.2, 0.25) is 0 Å².